The number of aromatic nitrogens is 4. The molecule has 1 spiro atoms. The number of nitrogens with zero attached hydrogens (tertiary/aromatic N) is 6. The predicted octanol–water partition coefficient (Wildman–Crippen LogP) is 6.03. The summed E-state index contributed by atoms with van der Waals surface area (Å²) in [6.07, 6.45) is 5.11. The molecular weight excluding hydrogens is 557 g/mol. The Bertz CT molecular complexity index is 1480. The number of hydrogen-bond acceptors (Lipinski definition) is 6. The molecule has 1 saturated carbocycles. The molecule has 0 radical (unpaired) electrons. The lowest BCUT2D eigenvalue weighted by molar-refractivity contribution is -0.134. The van der Waals surface area contributed by atoms with Crippen molar-refractivity contribution in [3.63, 3.8) is 0 Å². The Morgan fingerprint density at radius 2 is 1.70 bits per heavy atom. The summed E-state index contributed by atoms with van der Waals surface area (Å²) in [6.45, 7) is 13.6. The summed E-state index contributed by atoms with van der Waals surface area (Å²) in [5.74, 6) is 0.145. The van der Waals surface area contributed by atoms with E-state index < -0.39 is 5.66 Å². The third-order valence-electron chi connectivity index (χ3n) is 9.12. The molecule has 0 saturated heterocycles. The van der Waals surface area contributed by atoms with Gasteiger partial charge in [-0.3, -0.25) is 24.9 Å². The number of rotatable bonds is 8. The first-order valence-electron chi connectivity index (χ1n) is 15.5. The van der Waals surface area contributed by atoms with E-state index in [0.717, 1.165) is 44.1 Å². The summed E-state index contributed by atoms with van der Waals surface area (Å²) < 4.78 is 13.8. The van der Waals surface area contributed by atoms with Crippen LogP contribution < -0.4 is 10.4 Å². The second-order valence-electron chi connectivity index (χ2n) is 14.5. The quantitative estimate of drug-likeness (QED) is 0.338. The standard InChI is InChI=1S/C34H44FN7O2/c1-32(2,3)18-17-27(22-7-9-24(10-8-22)30(43)36-21-28-38-40-41-39-28)42-31(44)29(23-11-13-26(35)14-12-23)37-34(42)19-15-25(16-20-34)33(4,5)6/h7-14,25,27H,15-21H2,1-6H3,(H2,36,38,39,40,41,43)/p-1/t25?,27-,34?/m1/s1. The molecule has 234 valence electrons. The van der Waals surface area contributed by atoms with Crippen LogP contribution in [0.3, 0.4) is 0 Å². The van der Waals surface area contributed by atoms with Gasteiger partial charge in [-0.2, -0.15) is 5.21 Å². The molecule has 1 fully saturated rings. The Morgan fingerprint density at radius 1 is 1.05 bits per heavy atom. The van der Waals surface area contributed by atoms with E-state index in [0.29, 0.717) is 28.6 Å². The summed E-state index contributed by atoms with van der Waals surface area (Å²) >= 11 is 0. The van der Waals surface area contributed by atoms with Crippen molar-refractivity contribution in [3.05, 3.63) is 76.9 Å². The first-order chi connectivity index (χ1) is 20.8. The van der Waals surface area contributed by atoms with Crippen LogP contribution >= 0.6 is 0 Å². The molecule has 1 aromatic heterocycles. The van der Waals surface area contributed by atoms with Gasteiger partial charge in [0, 0.05) is 23.5 Å². The summed E-state index contributed by atoms with van der Waals surface area (Å²) in [4.78, 5) is 34.6. The SMILES string of the molecule is CC(C)(C)CC[C@H](c1ccc(C(=O)NCc2nnn[n-]2)cc1)N1C(=O)C(c2ccc(F)cc2)=NC12CCC(C(C)(C)C)CC2. The average Bonchev–Trinajstić information content (AvgIpc) is 3.59. The third-order valence-corrected chi connectivity index (χ3v) is 9.12. The molecule has 2 amide bonds. The van der Waals surface area contributed by atoms with Gasteiger partial charge in [0.2, 0.25) is 0 Å². The molecule has 1 atom stereocenters. The number of carbonyl (C=O) groups is 2. The molecule has 5 rings (SSSR count). The largest absolute Gasteiger partial charge is 0.348 e. The highest BCUT2D eigenvalue weighted by molar-refractivity contribution is 6.46. The van der Waals surface area contributed by atoms with E-state index in [4.69, 9.17) is 4.99 Å². The van der Waals surface area contributed by atoms with Crippen LogP contribution in [-0.4, -0.2) is 43.6 Å². The minimum absolute atomic E-state index is 0.0468. The van der Waals surface area contributed by atoms with Crippen molar-refractivity contribution in [1.82, 2.24) is 30.8 Å². The Labute approximate surface area is 259 Å². The summed E-state index contributed by atoms with van der Waals surface area (Å²) in [5.41, 5.74) is 2.02. The number of amides is 2. The highest BCUT2D eigenvalue weighted by atomic mass is 19.1. The topological polar surface area (TPSA) is 115 Å². The van der Waals surface area contributed by atoms with E-state index >= 15 is 0 Å². The van der Waals surface area contributed by atoms with Crippen LogP contribution in [0.5, 0.6) is 0 Å². The minimum atomic E-state index is -0.678. The van der Waals surface area contributed by atoms with E-state index in [1.807, 2.05) is 17.0 Å². The molecule has 44 heavy (non-hydrogen) atoms. The zero-order valence-electron chi connectivity index (χ0n) is 26.6. The molecule has 0 unspecified atom stereocenters. The number of nitrogens with one attached hydrogen (secondary N) is 1. The molecular formula is C34H43FN7O2-. The lowest BCUT2D eigenvalue weighted by Gasteiger charge is -2.47. The van der Waals surface area contributed by atoms with Gasteiger partial charge in [0.25, 0.3) is 11.8 Å². The van der Waals surface area contributed by atoms with Crippen molar-refractivity contribution in [2.75, 3.05) is 0 Å². The van der Waals surface area contributed by atoms with Crippen LogP contribution in [0.15, 0.2) is 53.5 Å². The molecule has 2 aromatic carbocycles. The molecule has 1 aliphatic heterocycles. The number of benzene rings is 2. The fraction of sp³-hybridized carbons (Fsp3) is 0.529. The number of hydrogen-bond donors (Lipinski definition) is 1. The monoisotopic (exact) mass is 600 g/mol. The van der Waals surface area contributed by atoms with Crippen LogP contribution in [0.1, 0.15) is 113 Å². The normalized spacial score (nSPS) is 21.4. The highest BCUT2D eigenvalue weighted by Gasteiger charge is 2.52. The van der Waals surface area contributed by atoms with Gasteiger partial charge >= 0.3 is 0 Å². The van der Waals surface area contributed by atoms with Crippen molar-refractivity contribution < 1.29 is 14.0 Å². The predicted molar refractivity (Wildman–Crippen MR) is 166 cm³/mol. The van der Waals surface area contributed by atoms with Crippen LogP contribution in [0, 0.1) is 22.6 Å². The third kappa shape index (κ3) is 6.89. The zero-order valence-corrected chi connectivity index (χ0v) is 26.6. The molecule has 2 heterocycles. The molecule has 9 nitrogen and oxygen atoms in total. The maximum absolute atomic E-state index is 14.5. The van der Waals surface area contributed by atoms with E-state index in [1.54, 1.807) is 24.3 Å². The van der Waals surface area contributed by atoms with Gasteiger partial charge in [0.15, 0.2) is 0 Å². The Hall–Kier alpha value is -3.95. The second-order valence-corrected chi connectivity index (χ2v) is 14.5. The lowest BCUT2D eigenvalue weighted by Crippen LogP contribution is -2.51. The minimum Gasteiger partial charge on any atom is -0.348 e. The van der Waals surface area contributed by atoms with Crippen molar-refractivity contribution >= 4 is 17.5 Å². The molecule has 1 aliphatic carbocycles. The molecule has 0 bridgehead atoms. The van der Waals surface area contributed by atoms with Crippen LogP contribution in [0.2, 0.25) is 0 Å². The number of aliphatic imine (C=N–C) groups is 1. The first kappa shape index (κ1) is 31.5. The summed E-state index contributed by atoms with van der Waals surface area (Å²) in [6, 6.07) is 13.3. The van der Waals surface area contributed by atoms with Gasteiger partial charge in [-0.25, -0.2) is 4.39 Å². The van der Waals surface area contributed by atoms with E-state index in [-0.39, 0.29) is 41.0 Å². The summed E-state index contributed by atoms with van der Waals surface area (Å²) in [7, 11) is 0. The van der Waals surface area contributed by atoms with Gasteiger partial charge in [0.1, 0.15) is 17.2 Å². The maximum Gasteiger partial charge on any atom is 0.275 e. The fourth-order valence-corrected chi connectivity index (χ4v) is 6.51. The molecule has 2 aliphatic rings. The second kappa shape index (κ2) is 12.2. The summed E-state index contributed by atoms with van der Waals surface area (Å²) in [5, 5.41) is 17.2. The van der Waals surface area contributed by atoms with Crippen LogP contribution in [0.4, 0.5) is 4.39 Å². The van der Waals surface area contributed by atoms with Gasteiger partial charge in [-0.15, -0.1) is 0 Å². The molecule has 3 aromatic rings. The van der Waals surface area contributed by atoms with Crippen molar-refractivity contribution in [3.8, 4) is 0 Å². The number of halogens is 1. The van der Waals surface area contributed by atoms with E-state index in [1.165, 1.54) is 12.1 Å². The number of tetrazole rings is 1. The Kier molecular flexibility index (Phi) is 8.73. The Morgan fingerprint density at radius 3 is 2.27 bits per heavy atom. The van der Waals surface area contributed by atoms with Gasteiger partial charge in [0.05, 0.1) is 6.04 Å². The first-order valence-corrected chi connectivity index (χ1v) is 15.5. The fourth-order valence-electron chi connectivity index (χ4n) is 6.51. The van der Waals surface area contributed by atoms with Crippen molar-refractivity contribution in [2.24, 2.45) is 21.7 Å². The van der Waals surface area contributed by atoms with Crippen LogP contribution in [0.25, 0.3) is 0 Å². The van der Waals surface area contributed by atoms with E-state index in [2.05, 4.69) is 67.5 Å². The van der Waals surface area contributed by atoms with Crippen molar-refractivity contribution in [2.45, 2.75) is 98.3 Å². The van der Waals surface area contributed by atoms with Gasteiger partial charge in [-0.1, -0.05) is 53.7 Å². The average molecular weight is 601 g/mol. The lowest BCUT2D eigenvalue weighted by atomic mass is 9.69. The number of carbonyl (C=O) groups excluding carboxylic acids is 2. The molecule has 10 heteroatoms. The van der Waals surface area contributed by atoms with Crippen LogP contribution in [-0.2, 0) is 11.3 Å². The maximum atomic E-state index is 14.5. The zero-order chi connectivity index (χ0) is 31.7. The molecule has 1 N–H and O–H groups in total. The van der Waals surface area contributed by atoms with Crippen molar-refractivity contribution in [1.29, 1.82) is 0 Å². The van der Waals surface area contributed by atoms with Gasteiger partial charge < -0.3 is 15.3 Å². The Balaban J connectivity index is 1.49. The highest BCUT2D eigenvalue weighted by Crippen LogP contribution is 2.50. The van der Waals surface area contributed by atoms with E-state index in [9.17, 15) is 14.0 Å². The smallest absolute Gasteiger partial charge is 0.275 e. The van der Waals surface area contributed by atoms with Gasteiger partial charge in [-0.05, 0) is 97.2 Å².